The molecule has 1 saturated carbocycles. The van der Waals surface area contributed by atoms with Gasteiger partial charge in [0.05, 0.1) is 5.25 Å². The Morgan fingerprint density at radius 3 is 2.55 bits per heavy atom. The van der Waals surface area contributed by atoms with Gasteiger partial charge in [0.2, 0.25) is 0 Å². The van der Waals surface area contributed by atoms with Crippen LogP contribution in [0.3, 0.4) is 0 Å². The molecule has 0 bridgehead atoms. The molecule has 0 aliphatic heterocycles. The van der Waals surface area contributed by atoms with Crippen LogP contribution in [0.4, 0.5) is 0 Å². The number of aromatic nitrogens is 2. The van der Waals surface area contributed by atoms with Crippen LogP contribution in [0.2, 0.25) is 0 Å². The van der Waals surface area contributed by atoms with Crippen LogP contribution in [0.1, 0.15) is 57.7 Å². The van der Waals surface area contributed by atoms with Gasteiger partial charge in [-0.25, -0.2) is 0 Å². The Morgan fingerprint density at radius 2 is 1.86 bits per heavy atom. The molecule has 1 unspecified atom stereocenters. The summed E-state index contributed by atoms with van der Waals surface area (Å²) in [7, 11) is 0. The Labute approximate surface area is 139 Å². The Hall–Kier alpha value is -1.20. The molecule has 5 heteroatoms. The number of carbonyl (C=O) groups excluding carboxylic acids is 1. The number of benzene rings is 1. The lowest BCUT2D eigenvalue weighted by molar-refractivity contribution is 0.0993. The van der Waals surface area contributed by atoms with E-state index in [0.29, 0.717) is 5.92 Å². The van der Waals surface area contributed by atoms with Crippen molar-refractivity contribution < 1.29 is 4.79 Å². The molecule has 1 aliphatic carbocycles. The fourth-order valence-electron chi connectivity index (χ4n) is 2.41. The zero-order chi connectivity index (χ0) is 15.9. The van der Waals surface area contributed by atoms with Crippen LogP contribution >= 0.6 is 23.1 Å². The maximum absolute atomic E-state index is 12.7. The van der Waals surface area contributed by atoms with E-state index >= 15 is 0 Å². The van der Waals surface area contributed by atoms with Gasteiger partial charge in [-0.2, -0.15) is 0 Å². The SMILES string of the molecule is Cc1cc(C)c(C(=O)C(C)Sc2nnc(C3CC3)s2)cc1C. The highest BCUT2D eigenvalue weighted by atomic mass is 32.2. The van der Waals surface area contributed by atoms with Crippen LogP contribution in [0, 0.1) is 20.8 Å². The van der Waals surface area contributed by atoms with E-state index in [0.717, 1.165) is 26.0 Å². The minimum atomic E-state index is -0.138. The number of ketones is 1. The Balaban J connectivity index is 1.74. The molecule has 3 nitrogen and oxygen atoms in total. The topological polar surface area (TPSA) is 42.9 Å². The molecular weight excluding hydrogens is 312 g/mol. The molecule has 0 amide bonds. The summed E-state index contributed by atoms with van der Waals surface area (Å²) in [6, 6.07) is 4.11. The summed E-state index contributed by atoms with van der Waals surface area (Å²) < 4.78 is 0.907. The van der Waals surface area contributed by atoms with Gasteiger partial charge >= 0.3 is 0 Å². The van der Waals surface area contributed by atoms with Gasteiger partial charge in [-0.3, -0.25) is 4.79 Å². The first-order valence-electron chi connectivity index (χ1n) is 7.58. The fraction of sp³-hybridized carbons (Fsp3) is 0.471. The lowest BCUT2D eigenvalue weighted by Gasteiger charge is -2.12. The third-order valence-corrected chi connectivity index (χ3v) is 6.37. The van der Waals surface area contributed by atoms with Crippen molar-refractivity contribution in [3.63, 3.8) is 0 Å². The molecule has 1 fully saturated rings. The molecule has 1 aromatic heterocycles. The number of carbonyl (C=O) groups is 1. The van der Waals surface area contributed by atoms with Gasteiger partial charge in [-0.15, -0.1) is 10.2 Å². The standard InChI is InChI=1S/C17H20N2OS2/c1-9-7-11(3)14(8-10(9)2)15(20)12(4)21-17-19-18-16(22-17)13-5-6-13/h7-8,12-13H,5-6H2,1-4H3. The molecule has 2 aromatic rings. The summed E-state index contributed by atoms with van der Waals surface area (Å²) in [5.41, 5.74) is 4.28. The van der Waals surface area contributed by atoms with Crippen LogP contribution in [0.25, 0.3) is 0 Å². The van der Waals surface area contributed by atoms with Crippen LogP contribution in [-0.4, -0.2) is 21.2 Å². The number of hydrogen-bond donors (Lipinski definition) is 0. The van der Waals surface area contributed by atoms with Gasteiger partial charge in [0.15, 0.2) is 10.1 Å². The van der Waals surface area contributed by atoms with Crippen molar-refractivity contribution in [3.05, 3.63) is 39.4 Å². The van der Waals surface area contributed by atoms with Crippen molar-refractivity contribution in [1.82, 2.24) is 10.2 Å². The smallest absolute Gasteiger partial charge is 0.176 e. The maximum Gasteiger partial charge on any atom is 0.176 e. The number of rotatable bonds is 5. The quantitative estimate of drug-likeness (QED) is 0.588. The monoisotopic (exact) mass is 332 g/mol. The molecule has 1 aliphatic rings. The largest absolute Gasteiger partial charge is 0.293 e. The molecule has 0 radical (unpaired) electrons. The summed E-state index contributed by atoms with van der Waals surface area (Å²) >= 11 is 3.17. The Kier molecular flexibility index (Phi) is 4.37. The number of thioether (sulfide) groups is 1. The third kappa shape index (κ3) is 3.25. The molecule has 1 aromatic carbocycles. The van der Waals surface area contributed by atoms with Crippen molar-refractivity contribution in [1.29, 1.82) is 0 Å². The molecule has 116 valence electrons. The lowest BCUT2D eigenvalue weighted by Crippen LogP contribution is -2.15. The predicted molar refractivity (Wildman–Crippen MR) is 92.2 cm³/mol. The normalized spacial score (nSPS) is 15.8. The minimum Gasteiger partial charge on any atom is -0.293 e. The summed E-state index contributed by atoms with van der Waals surface area (Å²) in [5.74, 6) is 0.800. The lowest BCUT2D eigenvalue weighted by atomic mass is 9.97. The molecule has 0 N–H and O–H groups in total. The molecule has 1 atom stereocenters. The molecule has 0 spiro atoms. The van der Waals surface area contributed by atoms with E-state index in [1.165, 1.54) is 30.2 Å². The summed E-state index contributed by atoms with van der Waals surface area (Å²) in [6.07, 6.45) is 2.46. The molecule has 22 heavy (non-hydrogen) atoms. The fourth-order valence-corrected chi connectivity index (χ4v) is 4.66. The highest BCUT2D eigenvalue weighted by molar-refractivity contribution is 8.02. The van der Waals surface area contributed by atoms with Crippen LogP contribution < -0.4 is 0 Å². The average Bonchev–Trinajstić information content (AvgIpc) is 3.22. The zero-order valence-electron chi connectivity index (χ0n) is 13.3. The van der Waals surface area contributed by atoms with Crippen molar-refractivity contribution in [3.8, 4) is 0 Å². The Bertz CT molecular complexity index is 719. The van der Waals surface area contributed by atoms with Crippen molar-refractivity contribution in [2.45, 2.75) is 56.0 Å². The van der Waals surface area contributed by atoms with Gasteiger partial charge < -0.3 is 0 Å². The van der Waals surface area contributed by atoms with Gasteiger partial charge in [0.1, 0.15) is 5.01 Å². The zero-order valence-corrected chi connectivity index (χ0v) is 15.0. The number of nitrogens with zero attached hydrogens (tertiary/aromatic N) is 2. The second kappa shape index (κ2) is 6.13. The van der Waals surface area contributed by atoms with Gasteiger partial charge in [-0.05, 0) is 63.3 Å². The van der Waals surface area contributed by atoms with E-state index in [2.05, 4.69) is 30.1 Å². The van der Waals surface area contributed by atoms with E-state index in [9.17, 15) is 4.79 Å². The summed E-state index contributed by atoms with van der Waals surface area (Å²) in [5, 5.41) is 9.46. The van der Waals surface area contributed by atoms with E-state index in [1.807, 2.05) is 19.9 Å². The summed E-state index contributed by atoms with van der Waals surface area (Å²) in [6.45, 7) is 8.10. The van der Waals surface area contributed by atoms with Gasteiger partial charge in [0, 0.05) is 11.5 Å². The van der Waals surface area contributed by atoms with E-state index in [-0.39, 0.29) is 11.0 Å². The van der Waals surface area contributed by atoms with E-state index in [4.69, 9.17) is 0 Å². The van der Waals surface area contributed by atoms with Crippen molar-refractivity contribution in [2.24, 2.45) is 0 Å². The predicted octanol–water partition coefficient (Wildman–Crippen LogP) is 4.70. The van der Waals surface area contributed by atoms with E-state index < -0.39 is 0 Å². The molecule has 3 rings (SSSR count). The number of aryl methyl sites for hydroxylation is 3. The summed E-state index contributed by atoms with van der Waals surface area (Å²) in [4.78, 5) is 12.7. The highest BCUT2D eigenvalue weighted by Crippen LogP contribution is 2.43. The van der Waals surface area contributed by atoms with Crippen molar-refractivity contribution >= 4 is 28.9 Å². The van der Waals surface area contributed by atoms with Crippen LogP contribution in [0.15, 0.2) is 16.5 Å². The van der Waals surface area contributed by atoms with Gasteiger partial charge in [-0.1, -0.05) is 29.2 Å². The first kappa shape index (κ1) is 15.7. The Morgan fingerprint density at radius 1 is 1.18 bits per heavy atom. The van der Waals surface area contributed by atoms with E-state index in [1.54, 1.807) is 11.3 Å². The van der Waals surface area contributed by atoms with Crippen LogP contribution in [0.5, 0.6) is 0 Å². The second-order valence-corrected chi connectivity index (χ2v) is 8.65. The third-order valence-electron chi connectivity index (χ3n) is 4.10. The van der Waals surface area contributed by atoms with Crippen LogP contribution in [-0.2, 0) is 0 Å². The molecular formula is C17H20N2OS2. The second-order valence-electron chi connectivity index (χ2n) is 6.06. The van der Waals surface area contributed by atoms with Gasteiger partial charge in [0.25, 0.3) is 0 Å². The molecule has 0 saturated heterocycles. The number of Topliss-reactive ketones (excluding diaryl/α,β-unsaturated/α-hetero) is 1. The minimum absolute atomic E-state index is 0.138. The average molecular weight is 332 g/mol. The first-order valence-corrected chi connectivity index (χ1v) is 9.27. The van der Waals surface area contributed by atoms with Crippen molar-refractivity contribution in [2.75, 3.05) is 0 Å². The number of hydrogen-bond acceptors (Lipinski definition) is 5. The molecule has 1 heterocycles. The highest BCUT2D eigenvalue weighted by Gasteiger charge is 2.28. The maximum atomic E-state index is 12.7. The first-order chi connectivity index (χ1) is 10.5.